The Morgan fingerprint density at radius 3 is 2.24 bits per heavy atom. The maximum absolute atomic E-state index is 4.67. The van der Waals surface area contributed by atoms with E-state index in [1.165, 1.54) is 57.9 Å². The van der Waals surface area contributed by atoms with Crippen LogP contribution >= 0.6 is 12.6 Å². The van der Waals surface area contributed by atoms with E-state index in [2.05, 4.69) is 38.4 Å². The van der Waals surface area contributed by atoms with Crippen LogP contribution in [0.5, 0.6) is 0 Å². The predicted molar refractivity (Wildman–Crippen MR) is 81.0 cm³/mol. The second-order valence-electron chi connectivity index (χ2n) is 6.13. The van der Waals surface area contributed by atoms with Gasteiger partial charge in [-0.05, 0) is 44.4 Å². The largest absolute Gasteiger partial charge is 0.303 e. The molecule has 0 spiro atoms. The van der Waals surface area contributed by atoms with Crippen molar-refractivity contribution in [3.8, 4) is 0 Å². The van der Waals surface area contributed by atoms with Gasteiger partial charge in [-0.3, -0.25) is 0 Å². The average molecular weight is 257 g/mol. The number of nitrogens with zero attached hydrogens (tertiary/aromatic N) is 1. The topological polar surface area (TPSA) is 3.24 Å². The molecule has 1 unspecified atom stereocenters. The third kappa shape index (κ3) is 4.82. The lowest BCUT2D eigenvalue weighted by atomic mass is 9.81. The zero-order valence-corrected chi connectivity index (χ0v) is 12.9. The van der Waals surface area contributed by atoms with Crippen LogP contribution in [-0.2, 0) is 0 Å². The SMILES string of the molecule is CCCC(C)N(C)CC1(CS)CCCCCC1. The van der Waals surface area contributed by atoms with Gasteiger partial charge >= 0.3 is 0 Å². The second-order valence-corrected chi connectivity index (χ2v) is 6.44. The molecule has 0 amide bonds. The highest BCUT2D eigenvalue weighted by molar-refractivity contribution is 7.80. The van der Waals surface area contributed by atoms with Crippen molar-refractivity contribution in [1.29, 1.82) is 0 Å². The molecule has 1 aliphatic carbocycles. The van der Waals surface area contributed by atoms with E-state index in [4.69, 9.17) is 0 Å². The van der Waals surface area contributed by atoms with Crippen LogP contribution in [0, 0.1) is 5.41 Å². The van der Waals surface area contributed by atoms with E-state index in [0.29, 0.717) is 5.41 Å². The Balaban J connectivity index is 2.54. The first-order valence-electron chi connectivity index (χ1n) is 7.44. The van der Waals surface area contributed by atoms with Crippen LogP contribution in [-0.4, -0.2) is 30.3 Å². The molecule has 0 aromatic rings. The monoisotopic (exact) mass is 257 g/mol. The summed E-state index contributed by atoms with van der Waals surface area (Å²) in [5.74, 6) is 1.07. The summed E-state index contributed by atoms with van der Waals surface area (Å²) in [5, 5.41) is 0. The predicted octanol–water partition coefficient (Wildman–Crippen LogP) is 4.38. The van der Waals surface area contributed by atoms with Crippen molar-refractivity contribution in [3.05, 3.63) is 0 Å². The van der Waals surface area contributed by atoms with Gasteiger partial charge in [0.15, 0.2) is 0 Å². The average Bonchev–Trinajstić information content (AvgIpc) is 2.55. The highest BCUT2D eigenvalue weighted by Gasteiger charge is 2.31. The fraction of sp³-hybridized carbons (Fsp3) is 1.00. The molecule has 1 nitrogen and oxygen atoms in total. The molecule has 2 heteroatoms. The molecule has 17 heavy (non-hydrogen) atoms. The van der Waals surface area contributed by atoms with Gasteiger partial charge in [-0.1, -0.05) is 39.0 Å². The molecule has 0 aromatic carbocycles. The van der Waals surface area contributed by atoms with Gasteiger partial charge in [0.05, 0.1) is 0 Å². The molecule has 1 saturated carbocycles. The lowest BCUT2D eigenvalue weighted by Crippen LogP contribution is -2.41. The summed E-state index contributed by atoms with van der Waals surface area (Å²) in [7, 11) is 2.30. The first kappa shape index (κ1) is 15.4. The summed E-state index contributed by atoms with van der Waals surface area (Å²) in [4.78, 5) is 2.57. The van der Waals surface area contributed by atoms with Crippen LogP contribution in [0.4, 0.5) is 0 Å². The first-order chi connectivity index (χ1) is 8.13. The van der Waals surface area contributed by atoms with E-state index in [-0.39, 0.29) is 0 Å². The third-order valence-electron chi connectivity index (χ3n) is 4.54. The molecule has 0 aliphatic heterocycles. The molecule has 1 fully saturated rings. The maximum atomic E-state index is 4.67. The first-order valence-corrected chi connectivity index (χ1v) is 8.08. The summed E-state index contributed by atoms with van der Waals surface area (Å²) < 4.78 is 0. The fourth-order valence-electron chi connectivity index (χ4n) is 3.17. The van der Waals surface area contributed by atoms with Crippen molar-refractivity contribution >= 4 is 12.6 Å². The van der Waals surface area contributed by atoms with E-state index in [1.54, 1.807) is 0 Å². The maximum Gasteiger partial charge on any atom is 0.00640 e. The molecule has 0 N–H and O–H groups in total. The van der Waals surface area contributed by atoms with E-state index in [9.17, 15) is 0 Å². The highest BCUT2D eigenvalue weighted by atomic mass is 32.1. The summed E-state index contributed by atoms with van der Waals surface area (Å²) >= 11 is 4.67. The summed E-state index contributed by atoms with van der Waals surface area (Å²) in [6, 6.07) is 0.722. The lowest BCUT2D eigenvalue weighted by molar-refractivity contribution is 0.138. The summed E-state index contributed by atoms with van der Waals surface area (Å²) in [6.45, 7) is 5.90. The summed E-state index contributed by atoms with van der Waals surface area (Å²) in [6.07, 6.45) is 11.1. The van der Waals surface area contributed by atoms with Crippen molar-refractivity contribution in [2.45, 2.75) is 71.3 Å². The Bertz CT molecular complexity index is 197. The molecule has 1 atom stereocenters. The highest BCUT2D eigenvalue weighted by Crippen LogP contribution is 2.37. The molecule has 0 heterocycles. The standard InChI is InChI=1S/C15H31NS/c1-4-9-14(2)16(3)12-15(13-17)10-7-5-6-8-11-15/h14,17H,4-13H2,1-3H3. The minimum absolute atomic E-state index is 0.496. The molecule has 0 bridgehead atoms. The summed E-state index contributed by atoms with van der Waals surface area (Å²) in [5.41, 5.74) is 0.496. The van der Waals surface area contributed by atoms with Gasteiger partial charge in [0.25, 0.3) is 0 Å². The Kier molecular flexibility index (Phi) is 6.94. The van der Waals surface area contributed by atoms with Gasteiger partial charge in [0.1, 0.15) is 0 Å². The number of rotatable bonds is 6. The Morgan fingerprint density at radius 1 is 1.18 bits per heavy atom. The molecule has 102 valence electrons. The molecule has 0 radical (unpaired) electrons. The van der Waals surface area contributed by atoms with Gasteiger partial charge in [0, 0.05) is 12.6 Å². The lowest BCUT2D eigenvalue weighted by Gasteiger charge is -2.38. The van der Waals surface area contributed by atoms with Gasteiger partial charge < -0.3 is 4.90 Å². The van der Waals surface area contributed by atoms with Crippen LogP contribution in [0.1, 0.15) is 65.2 Å². The van der Waals surface area contributed by atoms with Crippen molar-refractivity contribution in [2.24, 2.45) is 5.41 Å². The molecular weight excluding hydrogens is 226 g/mol. The van der Waals surface area contributed by atoms with E-state index in [0.717, 1.165) is 11.8 Å². The zero-order valence-electron chi connectivity index (χ0n) is 12.0. The quantitative estimate of drug-likeness (QED) is 0.546. The van der Waals surface area contributed by atoms with Gasteiger partial charge in [-0.15, -0.1) is 0 Å². The molecule has 1 aliphatic rings. The van der Waals surface area contributed by atoms with Crippen molar-refractivity contribution in [1.82, 2.24) is 4.90 Å². The minimum atomic E-state index is 0.496. The van der Waals surface area contributed by atoms with Crippen LogP contribution in [0.3, 0.4) is 0 Å². The van der Waals surface area contributed by atoms with Gasteiger partial charge in [0.2, 0.25) is 0 Å². The smallest absolute Gasteiger partial charge is 0.00640 e. The van der Waals surface area contributed by atoms with Crippen molar-refractivity contribution < 1.29 is 0 Å². The van der Waals surface area contributed by atoms with Crippen LogP contribution in [0.2, 0.25) is 0 Å². The van der Waals surface area contributed by atoms with Crippen molar-refractivity contribution in [2.75, 3.05) is 19.3 Å². The van der Waals surface area contributed by atoms with Gasteiger partial charge in [-0.25, -0.2) is 0 Å². The van der Waals surface area contributed by atoms with Crippen molar-refractivity contribution in [3.63, 3.8) is 0 Å². The fourth-order valence-corrected chi connectivity index (χ4v) is 3.58. The number of hydrogen-bond acceptors (Lipinski definition) is 2. The van der Waals surface area contributed by atoms with Crippen LogP contribution in [0.25, 0.3) is 0 Å². The zero-order chi connectivity index (χ0) is 12.7. The molecular formula is C15H31NS. The number of thiol groups is 1. The Morgan fingerprint density at radius 2 is 1.76 bits per heavy atom. The van der Waals surface area contributed by atoms with Gasteiger partial charge in [-0.2, -0.15) is 12.6 Å². The molecule has 1 rings (SSSR count). The van der Waals surface area contributed by atoms with E-state index >= 15 is 0 Å². The normalized spacial score (nSPS) is 22.4. The minimum Gasteiger partial charge on any atom is -0.303 e. The molecule has 0 saturated heterocycles. The second kappa shape index (κ2) is 7.68. The van der Waals surface area contributed by atoms with E-state index in [1.807, 2.05) is 0 Å². The Labute approximate surface area is 114 Å². The Hall–Kier alpha value is 0.310. The molecule has 0 aromatic heterocycles. The van der Waals surface area contributed by atoms with E-state index < -0.39 is 0 Å². The third-order valence-corrected chi connectivity index (χ3v) is 5.21. The van der Waals surface area contributed by atoms with Crippen LogP contribution < -0.4 is 0 Å². The number of hydrogen-bond donors (Lipinski definition) is 1. The van der Waals surface area contributed by atoms with Crippen LogP contribution in [0.15, 0.2) is 0 Å².